The molecule has 1 aliphatic heterocycles. The number of anilines is 1. The number of carbonyl (C=O) groups excluding carboxylic acids is 1. The third kappa shape index (κ3) is 2.73. The maximum absolute atomic E-state index is 12.8. The summed E-state index contributed by atoms with van der Waals surface area (Å²) in [6.45, 7) is 10.2. The highest BCUT2D eigenvalue weighted by Gasteiger charge is 2.39. The van der Waals surface area contributed by atoms with Crippen LogP contribution in [-0.2, 0) is 4.79 Å². The van der Waals surface area contributed by atoms with Gasteiger partial charge in [0.1, 0.15) is 0 Å². The number of nitrogens with zero attached hydrogens (tertiary/aromatic N) is 2. The first-order chi connectivity index (χ1) is 10.5. The summed E-state index contributed by atoms with van der Waals surface area (Å²) < 4.78 is 0. The first kappa shape index (κ1) is 15.4. The highest BCUT2D eigenvalue weighted by Crippen LogP contribution is 2.39. The Balaban J connectivity index is 1.65. The monoisotopic (exact) mass is 300 g/mol. The van der Waals surface area contributed by atoms with Crippen LogP contribution in [0.4, 0.5) is 5.69 Å². The molecule has 1 aromatic rings. The number of rotatable bonds is 2. The second-order valence-corrected chi connectivity index (χ2v) is 7.27. The lowest BCUT2D eigenvalue weighted by atomic mass is 9.87. The second kappa shape index (κ2) is 5.94. The normalized spacial score (nSPS) is 21.2. The van der Waals surface area contributed by atoms with Gasteiger partial charge in [0.15, 0.2) is 0 Å². The van der Waals surface area contributed by atoms with Crippen LogP contribution in [0.2, 0.25) is 0 Å². The molecular weight excluding hydrogens is 272 g/mol. The highest BCUT2D eigenvalue weighted by molar-refractivity contribution is 5.83. The summed E-state index contributed by atoms with van der Waals surface area (Å²) >= 11 is 0. The van der Waals surface area contributed by atoms with E-state index in [2.05, 4.69) is 48.8 Å². The smallest absolute Gasteiger partial charge is 0.228 e. The number of hydrogen-bond donors (Lipinski definition) is 0. The van der Waals surface area contributed by atoms with Crippen molar-refractivity contribution in [2.75, 3.05) is 31.1 Å². The van der Waals surface area contributed by atoms with E-state index in [1.54, 1.807) is 0 Å². The Kier molecular flexibility index (Phi) is 4.16. The predicted molar refractivity (Wildman–Crippen MR) is 91.3 cm³/mol. The molecule has 22 heavy (non-hydrogen) atoms. The van der Waals surface area contributed by atoms with Gasteiger partial charge in [-0.2, -0.15) is 0 Å². The first-order valence-corrected chi connectivity index (χ1v) is 8.62. The predicted octanol–water partition coefficient (Wildman–Crippen LogP) is 3.53. The number of benzene rings is 1. The lowest BCUT2D eigenvalue weighted by Gasteiger charge is -2.40. The fourth-order valence-corrected chi connectivity index (χ4v) is 3.98. The molecule has 1 aliphatic carbocycles. The quantitative estimate of drug-likeness (QED) is 0.834. The lowest BCUT2D eigenvalue weighted by Crippen LogP contribution is -2.52. The van der Waals surface area contributed by atoms with Crippen LogP contribution in [0, 0.1) is 19.3 Å². The summed E-state index contributed by atoms with van der Waals surface area (Å²) in [6.07, 6.45) is 4.57. The molecule has 120 valence electrons. The van der Waals surface area contributed by atoms with Crippen LogP contribution in [0.25, 0.3) is 0 Å². The highest BCUT2D eigenvalue weighted by atomic mass is 16.2. The zero-order chi connectivity index (χ0) is 15.7. The SMILES string of the molecule is Cc1cccc(N2CCN(C(=O)C3(C)CCCC3)CC2)c1C. The number of aryl methyl sites for hydroxylation is 1. The summed E-state index contributed by atoms with van der Waals surface area (Å²) in [4.78, 5) is 17.3. The second-order valence-electron chi connectivity index (χ2n) is 7.27. The zero-order valence-electron chi connectivity index (χ0n) is 14.2. The standard InChI is InChI=1S/C19H28N2O/c1-15-7-6-8-17(16(15)2)20-11-13-21(14-12-20)18(22)19(3)9-4-5-10-19/h6-8H,4-5,9-14H2,1-3H3. The molecule has 3 nitrogen and oxygen atoms in total. The van der Waals surface area contributed by atoms with Crippen LogP contribution in [-0.4, -0.2) is 37.0 Å². The van der Waals surface area contributed by atoms with Crippen molar-refractivity contribution in [1.82, 2.24) is 4.90 Å². The molecule has 1 saturated heterocycles. The van der Waals surface area contributed by atoms with Crippen molar-refractivity contribution in [2.45, 2.75) is 46.5 Å². The van der Waals surface area contributed by atoms with Crippen LogP contribution in [0.3, 0.4) is 0 Å². The molecule has 0 unspecified atom stereocenters. The number of piperazine rings is 1. The molecule has 0 aromatic heterocycles. The van der Waals surface area contributed by atoms with Crippen molar-refractivity contribution < 1.29 is 4.79 Å². The van der Waals surface area contributed by atoms with Crippen molar-refractivity contribution in [3.8, 4) is 0 Å². The average molecular weight is 300 g/mol. The third-order valence-corrected chi connectivity index (χ3v) is 5.71. The Morgan fingerprint density at radius 2 is 1.68 bits per heavy atom. The molecule has 0 N–H and O–H groups in total. The van der Waals surface area contributed by atoms with Gasteiger partial charge in [-0.25, -0.2) is 0 Å². The van der Waals surface area contributed by atoms with Gasteiger partial charge >= 0.3 is 0 Å². The molecule has 0 radical (unpaired) electrons. The Bertz CT molecular complexity index is 553. The van der Waals surface area contributed by atoms with E-state index in [1.807, 2.05) is 0 Å². The number of amides is 1. The first-order valence-electron chi connectivity index (χ1n) is 8.62. The Labute approximate surface area is 134 Å². The molecule has 0 spiro atoms. The molecule has 2 fully saturated rings. The van der Waals surface area contributed by atoms with Crippen molar-refractivity contribution in [2.24, 2.45) is 5.41 Å². The molecule has 3 heteroatoms. The molecular formula is C19H28N2O. The summed E-state index contributed by atoms with van der Waals surface area (Å²) in [5, 5.41) is 0. The van der Waals surface area contributed by atoms with Crippen LogP contribution in [0.5, 0.6) is 0 Å². The lowest BCUT2D eigenvalue weighted by molar-refractivity contribution is -0.141. The van der Waals surface area contributed by atoms with Gasteiger partial charge in [0.2, 0.25) is 5.91 Å². The van der Waals surface area contributed by atoms with Gasteiger partial charge < -0.3 is 9.80 Å². The van der Waals surface area contributed by atoms with E-state index >= 15 is 0 Å². The minimum absolute atomic E-state index is 0.0819. The minimum Gasteiger partial charge on any atom is -0.368 e. The minimum atomic E-state index is -0.0819. The average Bonchev–Trinajstić information content (AvgIpc) is 2.98. The van der Waals surface area contributed by atoms with Crippen LogP contribution in [0.1, 0.15) is 43.7 Å². The van der Waals surface area contributed by atoms with E-state index in [1.165, 1.54) is 29.7 Å². The zero-order valence-corrected chi connectivity index (χ0v) is 14.2. The van der Waals surface area contributed by atoms with Crippen molar-refractivity contribution >= 4 is 11.6 Å². The van der Waals surface area contributed by atoms with Gasteiger partial charge in [0.25, 0.3) is 0 Å². The summed E-state index contributed by atoms with van der Waals surface area (Å²) in [6, 6.07) is 6.51. The summed E-state index contributed by atoms with van der Waals surface area (Å²) in [5.74, 6) is 0.394. The maximum atomic E-state index is 12.8. The van der Waals surface area contributed by atoms with Gasteiger partial charge in [-0.05, 0) is 43.9 Å². The molecule has 1 saturated carbocycles. The maximum Gasteiger partial charge on any atom is 0.228 e. The van der Waals surface area contributed by atoms with Gasteiger partial charge in [0.05, 0.1) is 0 Å². The van der Waals surface area contributed by atoms with E-state index < -0.39 is 0 Å². The van der Waals surface area contributed by atoms with E-state index in [4.69, 9.17) is 0 Å². The van der Waals surface area contributed by atoms with E-state index in [-0.39, 0.29) is 5.41 Å². The Morgan fingerprint density at radius 1 is 1.05 bits per heavy atom. The molecule has 3 rings (SSSR count). The fraction of sp³-hybridized carbons (Fsp3) is 0.632. The molecule has 1 aromatic carbocycles. The molecule has 1 heterocycles. The largest absolute Gasteiger partial charge is 0.368 e. The molecule has 0 atom stereocenters. The fourth-order valence-electron chi connectivity index (χ4n) is 3.98. The molecule has 2 aliphatic rings. The number of hydrogen-bond acceptors (Lipinski definition) is 2. The van der Waals surface area contributed by atoms with E-state index in [0.717, 1.165) is 39.0 Å². The van der Waals surface area contributed by atoms with Crippen LogP contribution >= 0.6 is 0 Å². The van der Waals surface area contributed by atoms with E-state index in [9.17, 15) is 4.79 Å². The van der Waals surface area contributed by atoms with Gasteiger partial charge in [-0.1, -0.05) is 31.9 Å². The van der Waals surface area contributed by atoms with E-state index in [0.29, 0.717) is 5.91 Å². The van der Waals surface area contributed by atoms with Gasteiger partial charge in [-0.3, -0.25) is 4.79 Å². The molecule has 1 amide bonds. The van der Waals surface area contributed by atoms with Gasteiger partial charge in [0, 0.05) is 37.3 Å². The number of carbonyl (C=O) groups is 1. The van der Waals surface area contributed by atoms with Gasteiger partial charge in [-0.15, -0.1) is 0 Å². The Morgan fingerprint density at radius 3 is 2.32 bits per heavy atom. The van der Waals surface area contributed by atoms with Crippen molar-refractivity contribution in [3.05, 3.63) is 29.3 Å². The molecule has 0 bridgehead atoms. The summed E-state index contributed by atoms with van der Waals surface area (Å²) in [7, 11) is 0. The van der Waals surface area contributed by atoms with Crippen LogP contribution in [0.15, 0.2) is 18.2 Å². The topological polar surface area (TPSA) is 23.6 Å². The summed E-state index contributed by atoms with van der Waals surface area (Å²) in [5.41, 5.74) is 3.96. The van der Waals surface area contributed by atoms with Crippen molar-refractivity contribution in [1.29, 1.82) is 0 Å². The Hall–Kier alpha value is -1.51. The third-order valence-electron chi connectivity index (χ3n) is 5.71. The van der Waals surface area contributed by atoms with Crippen molar-refractivity contribution in [3.63, 3.8) is 0 Å². The van der Waals surface area contributed by atoms with Crippen LogP contribution < -0.4 is 4.90 Å².